The van der Waals surface area contributed by atoms with E-state index < -0.39 is 19.8 Å². The number of rotatable bonds is 16. The molecule has 44 heavy (non-hydrogen) atoms. The fraction of sp³-hybridized carbons (Fsp3) is 0.452. The van der Waals surface area contributed by atoms with Crippen LogP contribution in [-0.2, 0) is 30.0 Å². The number of pyridine rings is 1. The van der Waals surface area contributed by atoms with Gasteiger partial charge in [-0.15, -0.1) is 0 Å². The number of hydrogen-bond donors (Lipinski definition) is 2. The number of benzene rings is 2. The van der Waals surface area contributed by atoms with Crippen LogP contribution in [0.5, 0.6) is 5.75 Å². The molecule has 0 saturated heterocycles. The van der Waals surface area contributed by atoms with Gasteiger partial charge in [0.2, 0.25) is 0 Å². The Labute approximate surface area is 263 Å². The number of hydrogen-bond acceptors (Lipinski definition) is 9. The molecule has 0 aliphatic rings. The summed E-state index contributed by atoms with van der Waals surface area (Å²) in [6.45, 7) is 9.91. The van der Waals surface area contributed by atoms with Gasteiger partial charge in [-0.1, -0.05) is 43.1 Å². The molecule has 2 aromatic heterocycles. The highest BCUT2D eigenvalue weighted by atomic mass is 35.5. The van der Waals surface area contributed by atoms with Gasteiger partial charge in [0.25, 0.3) is 0 Å². The van der Waals surface area contributed by atoms with Crippen LogP contribution in [0.3, 0.4) is 0 Å². The van der Waals surface area contributed by atoms with Gasteiger partial charge < -0.3 is 24.3 Å². The molecule has 3 atom stereocenters. The van der Waals surface area contributed by atoms with Crippen LogP contribution in [0, 0.1) is 0 Å². The predicted molar refractivity (Wildman–Crippen MR) is 173 cm³/mol. The standard InChI is InChI=1S/C31H41ClN5O6P/c1-6-10-23(37-27(19-40-7-2)35-28-29(37)25-11-8-9-12-26(25)34-30(28)33)17-18-41-44(39,36-21(5)31(38)42-20(3)4)43-24-15-13-22(32)14-16-24/h8-9,11-16,20-21,23H,6-7,10,17-19H2,1-5H3,(H2,33,34)(H,36,39)/t21-,23-,44?/m0/s1. The van der Waals surface area contributed by atoms with Crippen LogP contribution in [0.1, 0.15) is 65.7 Å². The van der Waals surface area contributed by atoms with Gasteiger partial charge >= 0.3 is 13.7 Å². The van der Waals surface area contributed by atoms with Gasteiger partial charge in [-0.3, -0.25) is 9.32 Å². The average Bonchev–Trinajstić information content (AvgIpc) is 3.36. The zero-order chi connectivity index (χ0) is 31.9. The van der Waals surface area contributed by atoms with Crippen molar-refractivity contribution in [1.29, 1.82) is 0 Å². The molecule has 4 aromatic rings. The van der Waals surface area contributed by atoms with E-state index in [0.717, 1.165) is 29.3 Å². The van der Waals surface area contributed by atoms with Crippen LogP contribution < -0.4 is 15.3 Å². The van der Waals surface area contributed by atoms with Crippen molar-refractivity contribution in [3.05, 3.63) is 59.4 Å². The maximum absolute atomic E-state index is 14.1. The van der Waals surface area contributed by atoms with Crippen molar-refractivity contribution >= 4 is 53.1 Å². The zero-order valence-electron chi connectivity index (χ0n) is 25.8. The number of carbonyl (C=O) groups is 1. The van der Waals surface area contributed by atoms with Crippen molar-refractivity contribution in [1.82, 2.24) is 19.6 Å². The largest absolute Gasteiger partial charge is 0.462 e. The summed E-state index contributed by atoms with van der Waals surface area (Å²) < 4.78 is 39.1. The van der Waals surface area contributed by atoms with Gasteiger partial charge in [-0.05, 0) is 70.9 Å². The van der Waals surface area contributed by atoms with Crippen LogP contribution in [0.4, 0.5) is 5.82 Å². The topological polar surface area (TPSA) is 140 Å². The number of anilines is 1. The van der Waals surface area contributed by atoms with Crippen molar-refractivity contribution in [2.75, 3.05) is 18.9 Å². The minimum Gasteiger partial charge on any atom is -0.462 e. The van der Waals surface area contributed by atoms with Crippen LogP contribution in [0.25, 0.3) is 21.9 Å². The van der Waals surface area contributed by atoms with Gasteiger partial charge in [0.15, 0.2) is 5.82 Å². The van der Waals surface area contributed by atoms with Crippen LogP contribution >= 0.6 is 19.3 Å². The molecule has 2 heterocycles. The summed E-state index contributed by atoms with van der Waals surface area (Å²) in [6, 6.07) is 13.1. The third-order valence-corrected chi connectivity index (χ3v) is 8.79. The van der Waals surface area contributed by atoms with Gasteiger partial charge in [0.1, 0.15) is 29.7 Å². The Bertz CT molecular complexity index is 1610. The second-order valence-corrected chi connectivity index (χ2v) is 12.8. The van der Waals surface area contributed by atoms with E-state index in [1.54, 1.807) is 45.0 Å². The number of fused-ring (bicyclic) bond motifs is 3. The van der Waals surface area contributed by atoms with E-state index in [9.17, 15) is 9.36 Å². The first-order valence-electron chi connectivity index (χ1n) is 14.9. The molecule has 13 heteroatoms. The Morgan fingerprint density at radius 2 is 1.80 bits per heavy atom. The third kappa shape index (κ3) is 8.28. The van der Waals surface area contributed by atoms with Crippen molar-refractivity contribution in [3.63, 3.8) is 0 Å². The lowest BCUT2D eigenvalue weighted by atomic mass is 10.1. The molecule has 11 nitrogen and oxygen atoms in total. The van der Waals surface area contributed by atoms with Crippen molar-refractivity contribution in [2.45, 2.75) is 78.7 Å². The number of imidazole rings is 1. The first-order valence-corrected chi connectivity index (χ1v) is 16.8. The number of carbonyl (C=O) groups excluding carboxylic acids is 1. The lowest BCUT2D eigenvalue weighted by molar-refractivity contribution is -0.149. The summed E-state index contributed by atoms with van der Waals surface area (Å²) in [5.74, 6) is 0.757. The lowest BCUT2D eigenvalue weighted by Gasteiger charge is -2.25. The highest BCUT2D eigenvalue weighted by Crippen LogP contribution is 2.46. The number of esters is 1. The zero-order valence-corrected chi connectivity index (χ0v) is 27.4. The van der Waals surface area contributed by atoms with Gasteiger partial charge in [0, 0.05) is 23.1 Å². The van der Waals surface area contributed by atoms with E-state index in [1.165, 1.54) is 0 Å². The summed E-state index contributed by atoms with van der Waals surface area (Å²) in [4.78, 5) is 22.0. The number of nitrogens with two attached hydrogens (primary N) is 1. The number of nitrogens with zero attached hydrogens (tertiary/aromatic N) is 3. The molecule has 0 saturated carbocycles. The molecule has 2 aromatic carbocycles. The fourth-order valence-electron chi connectivity index (χ4n) is 4.95. The van der Waals surface area contributed by atoms with Gasteiger partial charge in [-0.25, -0.2) is 14.5 Å². The normalized spacial score (nSPS) is 14.5. The molecule has 0 aliphatic heterocycles. The molecule has 238 valence electrons. The summed E-state index contributed by atoms with van der Waals surface area (Å²) in [5, 5.41) is 4.16. The summed E-state index contributed by atoms with van der Waals surface area (Å²) in [7, 11) is -4.06. The molecule has 0 radical (unpaired) electrons. The summed E-state index contributed by atoms with van der Waals surface area (Å²) in [5.41, 5.74) is 8.63. The molecule has 0 bridgehead atoms. The van der Waals surface area contributed by atoms with E-state index in [-0.39, 0.29) is 31.1 Å². The second kappa shape index (κ2) is 15.2. The highest BCUT2D eigenvalue weighted by Gasteiger charge is 2.33. The number of nitrogen functional groups attached to an aromatic ring is 1. The number of halogens is 1. The van der Waals surface area contributed by atoms with Crippen LogP contribution in [0.15, 0.2) is 48.5 Å². The highest BCUT2D eigenvalue weighted by molar-refractivity contribution is 7.52. The third-order valence-electron chi connectivity index (χ3n) is 6.86. The minimum atomic E-state index is -4.06. The van der Waals surface area contributed by atoms with Crippen LogP contribution in [-0.4, -0.2) is 45.9 Å². The molecule has 4 rings (SSSR count). The monoisotopic (exact) mass is 645 g/mol. The molecule has 1 unspecified atom stereocenters. The molecular weight excluding hydrogens is 605 g/mol. The maximum Gasteiger partial charge on any atom is 0.459 e. The van der Waals surface area contributed by atoms with Crippen LogP contribution in [0.2, 0.25) is 5.02 Å². The number of para-hydroxylation sites is 1. The van der Waals surface area contributed by atoms with Crippen molar-refractivity contribution in [3.8, 4) is 5.75 Å². The molecule has 0 spiro atoms. The van der Waals surface area contributed by atoms with Crippen molar-refractivity contribution in [2.24, 2.45) is 0 Å². The molecule has 0 fully saturated rings. The van der Waals surface area contributed by atoms with E-state index in [0.29, 0.717) is 35.2 Å². The number of aromatic nitrogens is 3. The molecule has 3 N–H and O–H groups in total. The smallest absolute Gasteiger partial charge is 0.459 e. The predicted octanol–water partition coefficient (Wildman–Crippen LogP) is 7.22. The van der Waals surface area contributed by atoms with Crippen molar-refractivity contribution < 1.29 is 27.9 Å². The fourth-order valence-corrected chi connectivity index (χ4v) is 6.58. The first kappa shape index (κ1) is 33.7. The maximum atomic E-state index is 14.1. The average molecular weight is 646 g/mol. The van der Waals surface area contributed by atoms with E-state index in [1.807, 2.05) is 31.2 Å². The number of ether oxygens (including phenoxy) is 2. The van der Waals surface area contributed by atoms with E-state index in [2.05, 4.69) is 21.6 Å². The summed E-state index contributed by atoms with van der Waals surface area (Å²) >= 11 is 6.03. The minimum absolute atomic E-state index is 0.0424. The molecular formula is C31H41ClN5O6P. The Hall–Kier alpha value is -3.21. The Morgan fingerprint density at radius 1 is 1.07 bits per heavy atom. The molecule has 0 amide bonds. The Morgan fingerprint density at radius 3 is 2.48 bits per heavy atom. The quantitative estimate of drug-likeness (QED) is 0.0948. The Balaban J connectivity index is 1.66. The van der Waals surface area contributed by atoms with Gasteiger partial charge in [0.05, 0.1) is 23.7 Å². The summed E-state index contributed by atoms with van der Waals surface area (Å²) in [6.07, 6.45) is 1.76. The lowest BCUT2D eigenvalue weighted by Crippen LogP contribution is -2.36. The first-order chi connectivity index (χ1) is 21.0. The van der Waals surface area contributed by atoms with E-state index >= 15 is 0 Å². The Kier molecular flexibility index (Phi) is 11.6. The van der Waals surface area contributed by atoms with Gasteiger partial charge in [-0.2, -0.15) is 5.09 Å². The second-order valence-electron chi connectivity index (χ2n) is 10.7. The number of nitrogens with one attached hydrogen (secondary N) is 1. The molecule has 0 aliphatic carbocycles. The van der Waals surface area contributed by atoms with E-state index in [4.69, 9.17) is 40.8 Å². The SMILES string of the molecule is CCC[C@@H](CCOP(=O)(N[C@@H](C)C(=O)OC(C)C)Oc1ccc(Cl)cc1)n1c(COCC)nc2c(N)nc3ccccc3c21.